The molecule has 14 heavy (non-hydrogen) atoms. The fraction of sp³-hybridized carbons (Fsp3) is 0.182. The number of hydrogen-bond donors (Lipinski definition) is 1. The first kappa shape index (κ1) is 8.81. The summed E-state index contributed by atoms with van der Waals surface area (Å²) in [7, 11) is 0. The SMILES string of the molecule is C=C1COC2=CCC=C(C=O)C=C2N1. The fourth-order valence-electron chi connectivity index (χ4n) is 1.42. The molecule has 0 aromatic rings. The van der Waals surface area contributed by atoms with Crippen LogP contribution in [-0.4, -0.2) is 12.9 Å². The summed E-state index contributed by atoms with van der Waals surface area (Å²) >= 11 is 0. The smallest absolute Gasteiger partial charge is 0.149 e. The van der Waals surface area contributed by atoms with Crippen molar-refractivity contribution in [1.29, 1.82) is 0 Å². The van der Waals surface area contributed by atoms with Crippen molar-refractivity contribution in [3.8, 4) is 0 Å². The standard InChI is InChI=1S/C11H11NO2/c1-8-7-14-11-4-2-3-9(6-13)5-10(11)12-8/h3-6,12H,1-2,7H2. The van der Waals surface area contributed by atoms with Crippen LogP contribution in [0.5, 0.6) is 0 Å². The molecule has 2 aliphatic rings. The zero-order valence-electron chi connectivity index (χ0n) is 7.75. The van der Waals surface area contributed by atoms with Crippen LogP contribution in [0, 0.1) is 0 Å². The quantitative estimate of drug-likeness (QED) is 0.634. The van der Waals surface area contributed by atoms with Gasteiger partial charge in [0.25, 0.3) is 0 Å². The van der Waals surface area contributed by atoms with Gasteiger partial charge in [-0.05, 0) is 18.6 Å². The fourth-order valence-corrected chi connectivity index (χ4v) is 1.42. The number of hydrogen-bond acceptors (Lipinski definition) is 3. The molecule has 0 saturated carbocycles. The Morgan fingerprint density at radius 1 is 1.50 bits per heavy atom. The van der Waals surface area contributed by atoms with Crippen molar-refractivity contribution in [2.45, 2.75) is 6.42 Å². The third-order valence-electron chi connectivity index (χ3n) is 2.08. The second-order valence-corrected chi connectivity index (χ2v) is 3.20. The minimum Gasteiger partial charge on any atom is -0.486 e. The van der Waals surface area contributed by atoms with E-state index in [4.69, 9.17) is 4.74 Å². The summed E-state index contributed by atoms with van der Waals surface area (Å²) in [4.78, 5) is 10.6. The molecule has 1 fully saturated rings. The largest absolute Gasteiger partial charge is 0.486 e. The van der Waals surface area contributed by atoms with Gasteiger partial charge in [-0.15, -0.1) is 0 Å². The third kappa shape index (κ3) is 1.62. The number of nitrogens with one attached hydrogen (secondary N) is 1. The number of carbonyl (C=O) groups excluding carboxylic acids is 1. The van der Waals surface area contributed by atoms with Crippen molar-refractivity contribution in [2.75, 3.05) is 6.61 Å². The average Bonchev–Trinajstić information content (AvgIpc) is 2.38. The molecule has 1 heterocycles. The molecule has 1 aliphatic carbocycles. The van der Waals surface area contributed by atoms with Crippen molar-refractivity contribution in [3.05, 3.63) is 47.5 Å². The van der Waals surface area contributed by atoms with Gasteiger partial charge in [0.1, 0.15) is 18.7 Å². The summed E-state index contributed by atoms with van der Waals surface area (Å²) in [5.74, 6) is 0.797. The van der Waals surface area contributed by atoms with E-state index in [2.05, 4.69) is 11.9 Å². The summed E-state index contributed by atoms with van der Waals surface area (Å²) in [5, 5.41) is 3.10. The number of allylic oxidation sites excluding steroid dienone is 4. The van der Waals surface area contributed by atoms with Gasteiger partial charge in [-0.1, -0.05) is 12.7 Å². The minimum atomic E-state index is 0.486. The molecule has 3 nitrogen and oxygen atoms in total. The van der Waals surface area contributed by atoms with E-state index < -0.39 is 0 Å². The highest BCUT2D eigenvalue weighted by molar-refractivity contribution is 5.78. The van der Waals surface area contributed by atoms with Crippen molar-refractivity contribution >= 4 is 6.29 Å². The number of fused-ring (bicyclic) bond motifs is 1. The molecular formula is C11H11NO2. The first-order valence-electron chi connectivity index (χ1n) is 4.45. The monoisotopic (exact) mass is 189 g/mol. The van der Waals surface area contributed by atoms with Crippen LogP contribution in [0.4, 0.5) is 0 Å². The normalized spacial score (nSPS) is 20.3. The van der Waals surface area contributed by atoms with Crippen LogP contribution in [0.15, 0.2) is 47.5 Å². The average molecular weight is 189 g/mol. The molecule has 0 bridgehead atoms. The summed E-state index contributed by atoms with van der Waals surface area (Å²) in [5.41, 5.74) is 2.29. The van der Waals surface area contributed by atoms with Gasteiger partial charge < -0.3 is 10.1 Å². The zero-order chi connectivity index (χ0) is 9.97. The predicted molar refractivity (Wildman–Crippen MR) is 53.2 cm³/mol. The molecule has 0 radical (unpaired) electrons. The van der Waals surface area contributed by atoms with Gasteiger partial charge in [0.15, 0.2) is 0 Å². The molecule has 0 amide bonds. The topological polar surface area (TPSA) is 38.3 Å². The van der Waals surface area contributed by atoms with Crippen LogP contribution in [0.1, 0.15) is 6.42 Å². The van der Waals surface area contributed by atoms with E-state index in [9.17, 15) is 4.79 Å². The van der Waals surface area contributed by atoms with Gasteiger partial charge in [-0.3, -0.25) is 4.79 Å². The molecule has 0 aromatic carbocycles. The van der Waals surface area contributed by atoms with E-state index in [0.717, 1.165) is 29.9 Å². The number of rotatable bonds is 1. The van der Waals surface area contributed by atoms with Crippen molar-refractivity contribution in [1.82, 2.24) is 5.32 Å². The second kappa shape index (κ2) is 3.54. The lowest BCUT2D eigenvalue weighted by Gasteiger charge is -2.22. The van der Waals surface area contributed by atoms with Crippen molar-refractivity contribution in [3.63, 3.8) is 0 Å². The van der Waals surface area contributed by atoms with E-state index >= 15 is 0 Å². The lowest BCUT2D eigenvalue weighted by atomic mass is 10.2. The first-order valence-corrected chi connectivity index (χ1v) is 4.45. The number of morpholine rings is 1. The van der Waals surface area contributed by atoms with Gasteiger partial charge in [-0.25, -0.2) is 0 Å². The Bertz CT molecular complexity index is 375. The van der Waals surface area contributed by atoms with Gasteiger partial charge in [0, 0.05) is 11.3 Å². The summed E-state index contributed by atoms with van der Waals surface area (Å²) in [6.45, 7) is 4.26. The molecule has 1 N–H and O–H groups in total. The van der Waals surface area contributed by atoms with Crippen LogP contribution in [-0.2, 0) is 9.53 Å². The Morgan fingerprint density at radius 2 is 2.36 bits per heavy atom. The van der Waals surface area contributed by atoms with Crippen molar-refractivity contribution < 1.29 is 9.53 Å². The van der Waals surface area contributed by atoms with Crippen LogP contribution >= 0.6 is 0 Å². The van der Waals surface area contributed by atoms with E-state index in [1.165, 1.54) is 0 Å². The molecule has 0 atom stereocenters. The number of aldehydes is 1. The molecule has 0 aromatic heterocycles. The highest BCUT2D eigenvalue weighted by Crippen LogP contribution is 2.21. The Hall–Kier alpha value is -1.77. The molecule has 0 spiro atoms. The highest BCUT2D eigenvalue weighted by atomic mass is 16.5. The summed E-state index contributed by atoms with van der Waals surface area (Å²) in [6.07, 6.45) is 7.14. The number of carbonyl (C=O) groups is 1. The highest BCUT2D eigenvalue weighted by Gasteiger charge is 2.16. The third-order valence-corrected chi connectivity index (χ3v) is 2.08. The van der Waals surface area contributed by atoms with Crippen LogP contribution in [0.2, 0.25) is 0 Å². The summed E-state index contributed by atoms with van der Waals surface area (Å²) < 4.78 is 5.45. The van der Waals surface area contributed by atoms with Crippen molar-refractivity contribution in [2.24, 2.45) is 0 Å². The van der Waals surface area contributed by atoms with E-state index in [1.807, 2.05) is 12.2 Å². The lowest BCUT2D eigenvalue weighted by molar-refractivity contribution is -0.104. The minimum absolute atomic E-state index is 0.486. The Morgan fingerprint density at radius 3 is 3.14 bits per heavy atom. The molecular weight excluding hydrogens is 178 g/mol. The second-order valence-electron chi connectivity index (χ2n) is 3.20. The van der Waals surface area contributed by atoms with Gasteiger partial charge in [0.05, 0.1) is 5.70 Å². The molecule has 1 aliphatic heterocycles. The lowest BCUT2D eigenvalue weighted by Crippen LogP contribution is -2.24. The van der Waals surface area contributed by atoms with Gasteiger partial charge in [0.2, 0.25) is 0 Å². The zero-order valence-corrected chi connectivity index (χ0v) is 7.75. The van der Waals surface area contributed by atoms with Gasteiger partial charge >= 0.3 is 0 Å². The van der Waals surface area contributed by atoms with E-state index in [1.54, 1.807) is 6.08 Å². The summed E-state index contributed by atoms with van der Waals surface area (Å²) in [6, 6.07) is 0. The van der Waals surface area contributed by atoms with Crippen LogP contribution in [0.25, 0.3) is 0 Å². The van der Waals surface area contributed by atoms with Crippen LogP contribution in [0.3, 0.4) is 0 Å². The Labute approximate surface area is 82.4 Å². The maximum Gasteiger partial charge on any atom is 0.149 e. The Kier molecular flexibility index (Phi) is 2.23. The molecule has 0 unspecified atom stereocenters. The molecule has 72 valence electrons. The van der Waals surface area contributed by atoms with E-state index in [0.29, 0.717) is 12.2 Å². The maximum atomic E-state index is 10.6. The van der Waals surface area contributed by atoms with Crippen LogP contribution < -0.4 is 5.32 Å². The Balaban J connectivity index is 2.33. The van der Waals surface area contributed by atoms with E-state index in [-0.39, 0.29) is 0 Å². The van der Waals surface area contributed by atoms with Gasteiger partial charge in [-0.2, -0.15) is 0 Å². The number of ether oxygens (including phenoxy) is 1. The molecule has 2 rings (SSSR count). The maximum absolute atomic E-state index is 10.6. The molecule has 3 heteroatoms. The predicted octanol–water partition coefficient (Wildman–Crippen LogP) is 1.42. The first-order chi connectivity index (χ1) is 6.79. The molecule has 1 saturated heterocycles.